The van der Waals surface area contributed by atoms with Gasteiger partial charge in [-0.05, 0) is 41.5 Å². The van der Waals surface area contributed by atoms with Crippen LogP contribution in [-0.4, -0.2) is 20.7 Å². The van der Waals surface area contributed by atoms with Gasteiger partial charge < -0.3 is 10.4 Å². The quantitative estimate of drug-likeness (QED) is 0.393. The van der Waals surface area contributed by atoms with Gasteiger partial charge in [0.1, 0.15) is 0 Å². The first-order valence-corrected chi connectivity index (χ1v) is 11.0. The molecule has 0 saturated carbocycles. The lowest BCUT2D eigenvalue weighted by molar-refractivity contribution is 0.620. The Bertz CT molecular complexity index is 1610. The van der Waals surface area contributed by atoms with Gasteiger partial charge in [0.2, 0.25) is 0 Å². The van der Waals surface area contributed by atoms with Crippen LogP contribution < -0.4 is 11.0 Å². The number of hydrogen-bond acceptors (Lipinski definition) is 5. The van der Waals surface area contributed by atoms with E-state index in [2.05, 4.69) is 25.5 Å². The van der Waals surface area contributed by atoms with Crippen molar-refractivity contribution in [2.75, 3.05) is 0 Å². The molecule has 0 saturated heterocycles. The van der Waals surface area contributed by atoms with Crippen molar-refractivity contribution in [2.45, 2.75) is 12.5 Å². The molecule has 2 aromatic heterocycles. The van der Waals surface area contributed by atoms with Crippen molar-refractivity contribution >= 4 is 39.2 Å². The van der Waals surface area contributed by atoms with Crippen LogP contribution in [-0.2, 0) is 0 Å². The second-order valence-corrected chi connectivity index (χ2v) is 8.45. The zero-order valence-corrected chi connectivity index (χ0v) is 18.2. The lowest BCUT2D eigenvalue weighted by Crippen LogP contribution is -2.20. The second-order valence-electron chi connectivity index (χ2n) is 8.01. The predicted octanol–water partition coefficient (Wildman–Crippen LogP) is 5.23. The van der Waals surface area contributed by atoms with Crippen molar-refractivity contribution in [2.24, 2.45) is 5.10 Å². The summed E-state index contributed by atoms with van der Waals surface area (Å²) in [5, 5.41) is 6.09. The molecule has 3 heterocycles. The van der Waals surface area contributed by atoms with Crippen LogP contribution >= 0.6 is 11.6 Å². The van der Waals surface area contributed by atoms with Gasteiger partial charge in [-0.1, -0.05) is 48.0 Å². The van der Waals surface area contributed by atoms with Crippen LogP contribution in [0, 0.1) is 0 Å². The summed E-state index contributed by atoms with van der Waals surface area (Å²) in [5.41, 5.74) is 9.54. The number of aromatic nitrogens is 3. The molecule has 0 fully saturated rings. The summed E-state index contributed by atoms with van der Waals surface area (Å²) < 4.78 is 0. The molecule has 0 spiro atoms. The molecule has 5 aromatic rings. The van der Waals surface area contributed by atoms with E-state index in [-0.39, 0.29) is 11.6 Å². The number of benzene rings is 3. The minimum Gasteiger partial charge on any atom is -0.321 e. The van der Waals surface area contributed by atoms with Crippen molar-refractivity contribution in [1.29, 1.82) is 0 Å². The smallest absolute Gasteiger partial charge is 0.258 e. The summed E-state index contributed by atoms with van der Waals surface area (Å²) in [6.07, 6.45) is 3.93. The SMILES string of the molecule is O=c1[nH]c2ccc(Cl)cc2c(-c2ccccc2)c1C1=NNC(c2ccc3nccnc3c2)C1. The molecule has 0 aliphatic carbocycles. The molecule has 1 aliphatic heterocycles. The van der Waals surface area contributed by atoms with Crippen LogP contribution in [0.1, 0.15) is 23.6 Å². The molecule has 1 aliphatic rings. The molecular formula is C26H18ClN5O. The maximum atomic E-state index is 13.3. The minimum absolute atomic E-state index is 0.0653. The van der Waals surface area contributed by atoms with Gasteiger partial charge in [0.25, 0.3) is 5.56 Å². The van der Waals surface area contributed by atoms with Gasteiger partial charge in [0.05, 0.1) is 28.4 Å². The lowest BCUT2D eigenvalue weighted by Gasteiger charge is -2.14. The molecule has 2 N–H and O–H groups in total. The molecule has 0 bridgehead atoms. The van der Waals surface area contributed by atoms with Crippen molar-refractivity contribution in [3.63, 3.8) is 0 Å². The highest BCUT2D eigenvalue weighted by Gasteiger charge is 2.27. The number of pyridine rings is 1. The maximum Gasteiger partial charge on any atom is 0.258 e. The van der Waals surface area contributed by atoms with Crippen LogP contribution in [0.2, 0.25) is 5.02 Å². The molecule has 3 aromatic carbocycles. The number of hydrazone groups is 1. The van der Waals surface area contributed by atoms with Gasteiger partial charge in [-0.2, -0.15) is 5.10 Å². The summed E-state index contributed by atoms with van der Waals surface area (Å²) in [4.78, 5) is 25.1. The van der Waals surface area contributed by atoms with E-state index >= 15 is 0 Å². The Labute approximate surface area is 194 Å². The largest absolute Gasteiger partial charge is 0.321 e. The number of aromatic amines is 1. The number of H-pyrrole nitrogens is 1. The third kappa shape index (κ3) is 3.45. The molecule has 1 unspecified atom stereocenters. The fourth-order valence-electron chi connectivity index (χ4n) is 4.43. The molecule has 0 radical (unpaired) electrons. The summed E-state index contributed by atoms with van der Waals surface area (Å²) in [6.45, 7) is 0. The standard InChI is InChI=1S/C26H18ClN5O/c27-17-7-9-19-18(13-17)24(15-4-2-1-3-5-15)25(26(33)30-19)23-14-21(31-32-23)16-6-8-20-22(12-16)29-11-10-28-20/h1-13,21,31H,14H2,(H,30,33). The maximum absolute atomic E-state index is 13.3. The van der Waals surface area contributed by atoms with Crippen LogP contribution in [0.3, 0.4) is 0 Å². The van der Waals surface area contributed by atoms with Gasteiger partial charge in [-0.25, -0.2) is 0 Å². The monoisotopic (exact) mass is 451 g/mol. The van der Waals surface area contributed by atoms with Crippen LogP contribution in [0.4, 0.5) is 0 Å². The fourth-order valence-corrected chi connectivity index (χ4v) is 4.61. The minimum atomic E-state index is -0.172. The van der Waals surface area contributed by atoms with Gasteiger partial charge in [0, 0.05) is 40.3 Å². The van der Waals surface area contributed by atoms with Crippen molar-refractivity contribution < 1.29 is 0 Å². The molecule has 33 heavy (non-hydrogen) atoms. The Hall–Kier alpha value is -4.03. The van der Waals surface area contributed by atoms with Crippen LogP contribution in [0.15, 0.2) is 89.0 Å². The van der Waals surface area contributed by atoms with Gasteiger partial charge in [0.15, 0.2) is 0 Å². The normalized spacial score (nSPS) is 15.5. The molecule has 1 atom stereocenters. The summed E-state index contributed by atoms with van der Waals surface area (Å²) in [7, 11) is 0. The highest BCUT2D eigenvalue weighted by Crippen LogP contribution is 2.34. The van der Waals surface area contributed by atoms with Gasteiger partial charge >= 0.3 is 0 Å². The fraction of sp³-hybridized carbons (Fsp3) is 0.0769. The van der Waals surface area contributed by atoms with E-state index in [1.807, 2.05) is 60.7 Å². The van der Waals surface area contributed by atoms with Crippen LogP contribution in [0.5, 0.6) is 0 Å². The molecule has 7 heteroatoms. The van der Waals surface area contributed by atoms with E-state index in [0.717, 1.165) is 38.6 Å². The second kappa shape index (κ2) is 7.83. The van der Waals surface area contributed by atoms with Gasteiger partial charge in [-0.3, -0.25) is 14.8 Å². The third-order valence-electron chi connectivity index (χ3n) is 5.98. The number of nitrogens with zero attached hydrogens (tertiary/aromatic N) is 3. The van der Waals surface area contributed by atoms with E-state index in [4.69, 9.17) is 11.6 Å². The number of fused-ring (bicyclic) bond motifs is 2. The third-order valence-corrected chi connectivity index (χ3v) is 6.21. The zero-order valence-electron chi connectivity index (χ0n) is 17.4. The number of nitrogens with one attached hydrogen (secondary N) is 2. The van der Waals surface area contributed by atoms with E-state index in [9.17, 15) is 4.79 Å². The highest BCUT2D eigenvalue weighted by atomic mass is 35.5. The topological polar surface area (TPSA) is 83.0 Å². The number of halogens is 1. The average molecular weight is 452 g/mol. The molecule has 160 valence electrons. The molecule has 6 rings (SSSR count). The molecular weight excluding hydrogens is 434 g/mol. The summed E-state index contributed by atoms with van der Waals surface area (Å²) >= 11 is 6.34. The Morgan fingerprint density at radius 3 is 2.55 bits per heavy atom. The van der Waals surface area contributed by atoms with E-state index in [1.54, 1.807) is 18.5 Å². The number of rotatable bonds is 3. The van der Waals surface area contributed by atoms with E-state index in [0.29, 0.717) is 22.7 Å². The summed E-state index contributed by atoms with van der Waals surface area (Å²) in [5.74, 6) is 0. The first kappa shape index (κ1) is 19.6. The number of hydrogen-bond donors (Lipinski definition) is 2. The van der Waals surface area contributed by atoms with Crippen molar-refractivity contribution in [3.8, 4) is 11.1 Å². The Balaban J connectivity index is 1.47. The van der Waals surface area contributed by atoms with Crippen LogP contribution in [0.25, 0.3) is 33.1 Å². The Kier molecular flexibility index (Phi) is 4.66. The Morgan fingerprint density at radius 1 is 0.879 bits per heavy atom. The van der Waals surface area contributed by atoms with E-state index < -0.39 is 0 Å². The first-order valence-electron chi connectivity index (χ1n) is 10.6. The highest BCUT2D eigenvalue weighted by molar-refractivity contribution is 6.31. The predicted molar refractivity (Wildman–Crippen MR) is 132 cm³/mol. The lowest BCUT2D eigenvalue weighted by atomic mass is 9.91. The van der Waals surface area contributed by atoms with Crippen molar-refractivity contribution in [3.05, 3.63) is 106 Å². The molecule has 0 amide bonds. The first-order chi connectivity index (χ1) is 16.2. The van der Waals surface area contributed by atoms with E-state index in [1.165, 1.54) is 0 Å². The van der Waals surface area contributed by atoms with Gasteiger partial charge in [-0.15, -0.1) is 0 Å². The molecule has 6 nitrogen and oxygen atoms in total. The van der Waals surface area contributed by atoms with Crippen molar-refractivity contribution in [1.82, 2.24) is 20.4 Å². The summed E-state index contributed by atoms with van der Waals surface area (Å²) in [6, 6.07) is 21.3. The average Bonchev–Trinajstić information content (AvgIpc) is 3.33. The zero-order chi connectivity index (χ0) is 22.4. The Morgan fingerprint density at radius 2 is 1.70 bits per heavy atom.